The summed E-state index contributed by atoms with van der Waals surface area (Å²) in [6.45, 7) is 0. The smallest absolute Gasteiger partial charge is 0.416 e. The Morgan fingerprint density at radius 3 is 2.19 bits per heavy atom. The molecule has 0 aliphatic carbocycles. The maximum Gasteiger partial charge on any atom is 0.416 e. The van der Waals surface area contributed by atoms with Gasteiger partial charge in [0.15, 0.2) is 5.82 Å². The van der Waals surface area contributed by atoms with Crippen LogP contribution in [-0.4, -0.2) is 27.8 Å². The van der Waals surface area contributed by atoms with E-state index in [-0.39, 0.29) is 11.9 Å². The number of ether oxygens (including phenoxy) is 1. The van der Waals surface area contributed by atoms with Crippen molar-refractivity contribution in [2.24, 2.45) is 0 Å². The van der Waals surface area contributed by atoms with E-state index in [2.05, 4.69) is 15.4 Å². The zero-order valence-corrected chi connectivity index (χ0v) is 16.8. The van der Waals surface area contributed by atoms with Crippen LogP contribution in [-0.2, 0) is 6.18 Å². The summed E-state index contributed by atoms with van der Waals surface area (Å²) in [5.41, 5.74) is 1.38. The van der Waals surface area contributed by atoms with E-state index in [1.54, 1.807) is 48.5 Å². The molecule has 0 radical (unpaired) electrons. The molecule has 0 atom stereocenters. The molecule has 0 spiro atoms. The lowest BCUT2D eigenvalue weighted by Gasteiger charge is -2.10. The molecule has 0 fully saturated rings. The lowest BCUT2D eigenvalue weighted by molar-refractivity contribution is -0.137. The lowest BCUT2D eigenvalue weighted by Crippen LogP contribution is -2.11. The number of hydrogen-bond donors (Lipinski definition) is 1. The fourth-order valence-electron chi connectivity index (χ4n) is 3.03. The van der Waals surface area contributed by atoms with E-state index in [0.717, 1.165) is 12.1 Å². The molecule has 0 aliphatic rings. The number of rotatable bonds is 5. The first-order chi connectivity index (χ1) is 15.3. The Labute approximate surface area is 181 Å². The monoisotopic (exact) mass is 438 g/mol. The number of alkyl halides is 3. The molecule has 0 saturated heterocycles. The molecule has 4 aromatic rings. The van der Waals surface area contributed by atoms with Crippen molar-refractivity contribution in [1.29, 1.82) is 0 Å². The lowest BCUT2D eigenvalue weighted by atomic mass is 10.1. The van der Waals surface area contributed by atoms with E-state index < -0.39 is 11.7 Å². The van der Waals surface area contributed by atoms with Crippen LogP contribution in [0.3, 0.4) is 0 Å². The van der Waals surface area contributed by atoms with Crippen LogP contribution < -0.4 is 10.1 Å². The number of aromatic nitrogens is 3. The van der Waals surface area contributed by atoms with Gasteiger partial charge in [0.1, 0.15) is 0 Å². The van der Waals surface area contributed by atoms with Crippen LogP contribution in [0.25, 0.3) is 17.1 Å². The van der Waals surface area contributed by atoms with E-state index in [4.69, 9.17) is 4.74 Å². The van der Waals surface area contributed by atoms with Gasteiger partial charge in [-0.2, -0.15) is 18.2 Å². The highest BCUT2D eigenvalue weighted by molar-refractivity contribution is 6.04. The van der Waals surface area contributed by atoms with Crippen molar-refractivity contribution < 1.29 is 22.7 Å². The summed E-state index contributed by atoms with van der Waals surface area (Å²) in [6.07, 6.45) is -4.43. The number of nitrogens with zero attached hydrogens (tertiary/aromatic N) is 3. The van der Waals surface area contributed by atoms with E-state index in [0.29, 0.717) is 28.3 Å². The maximum absolute atomic E-state index is 12.9. The molecule has 0 saturated carbocycles. The van der Waals surface area contributed by atoms with Crippen LogP contribution in [0.15, 0.2) is 78.9 Å². The summed E-state index contributed by atoms with van der Waals surface area (Å²) >= 11 is 0. The van der Waals surface area contributed by atoms with Gasteiger partial charge in [0.05, 0.1) is 18.4 Å². The molecule has 0 bridgehead atoms. The summed E-state index contributed by atoms with van der Waals surface area (Å²) in [5, 5.41) is 7.06. The van der Waals surface area contributed by atoms with Gasteiger partial charge in [0.25, 0.3) is 5.91 Å². The van der Waals surface area contributed by atoms with Crippen LogP contribution >= 0.6 is 0 Å². The number of methoxy groups -OCH3 is 1. The standard InChI is InChI=1S/C23H17F3N4O2/c1-32-22-28-20(15-7-9-17(10-8-15)23(24,25)26)30(29-22)19-13-11-18(12-14-19)27-21(31)16-5-3-2-4-6-16/h2-14H,1H3,(H,27,31). The number of nitrogens with one attached hydrogen (secondary N) is 1. The Balaban J connectivity index is 1.61. The predicted octanol–water partition coefficient (Wildman–Crippen LogP) is 5.21. The quantitative estimate of drug-likeness (QED) is 0.464. The normalized spacial score (nSPS) is 11.2. The van der Waals surface area contributed by atoms with Gasteiger partial charge in [-0.1, -0.05) is 30.3 Å². The highest BCUT2D eigenvalue weighted by Crippen LogP contribution is 2.31. The van der Waals surface area contributed by atoms with E-state index in [1.165, 1.54) is 23.9 Å². The first-order valence-electron chi connectivity index (χ1n) is 9.50. The summed E-state index contributed by atoms with van der Waals surface area (Å²) < 4.78 is 45.2. The van der Waals surface area contributed by atoms with E-state index >= 15 is 0 Å². The van der Waals surface area contributed by atoms with Crippen LogP contribution in [0, 0.1) is 0 Å². The number of halogens is 3. The van der Waals surface area contributed by atoms with Gasteiger partial charge in [-0.3, -0.25) is 4.79 Å². The molecule has 0 aliphatic heterocycles. The number of hydrogen-bond acceptors (Lipinski definition) is 4. The summed E-state index contributed by atoms with van der Waals surface area (Å²) in [4.78, 5) is 16.6. The minimum Gasteiger partial charge on any atom is -0.466 e. The van der Waals surface area contributed by atoms with Crippen molar-refractivity contribution in [3.8, 4) is 23.1 Å². The van der Waals surface area contributed by atoms with Gasteiger partial charge in [-0.15, -0.1) is 5.10 Å². The summed E-state index contributed by atoms with van der Waals surface area (Å²) in [7, 11) is 1.40. The van der Waals surface area contributed by atoms with Crippen molar-refractivity contribution in [1.82, 2.24) is 14.8 Å². The summed E-state index contributed by atoms with van der Waals surface area (Å²) in [6, 6.07) is 20.3. The number of carbonyl (C=O) groups excluding carboxylic acids is 1. The SMILES string of the molecule is COc1nc(-c2ccc(C(F)(F)F)cc2)n(-c2ccc(NC(=O)c3ccccc3)cc2)n1. The second kappa shape index (κ2) is 8.54. The molecule has 1 heterocycles. The van der Waals surface area contributed by atoms with Gasteiger partial charge in [-0.25, -0.2) is 4.68 Å². The predicted molar refractivity (Wildman–Crippen MR) is 113 cm³/mol. The molecule has 162 valence electrons. The third-order valence-electron chi connectivity index (χ3n) is 4.65. The van der Waals surface area contributed by atoms with E-state index in [1.807, 2.05) is 6.07 Å². The fraction of sp³-hybridized carbons (Fsp3) is 0.0870. The summed E-state index contributed by atoms with van der Waals surface area (Å²) in [5.74, 6) is 0.0721. The number of carbonyl (C=O) groups is 1. The molecule has 32 heavy (non-hydrogen) atoms. The van der Waals surface area contributed by atoms with E-state index in [9.17, 15) is 18.0 Å². The van der Waals surface area contributed by atoms with Crippen molar-refractivity contribution in [2.75, 3.05) is 12.4 Å². The molecular formula is C23H17F3N4O2. The minimum absolute atomic E-state index is 0.0707. The molecular weight excluding hydrogens is 421 g/mol. The van der Waals surface area contributed by atoms with Crippen molar-refractivity contribution >= 4 is 11.6 Å². The Morgan fingerprint density at radius 2 is 1.59 bits per heavy atom. The van der Waals surface area contributed by atoms with Gasteiger partial charge in [-0.05, 0) is 48.5 Å². The number of benzene rings is 3. The van der Waals surface area contributed by atoms with Crippen LogP contribution in [0.2, 0.25) is 0 Å². The fourth-order valence-corrected chi connectivity index (χ4v) is 3.03. The zero-order chi connectivity index (χ0) is 22.7. The first-order valence-corrected chi connectivity index (χ1v) is 9.50. The Bertz CT molecular complexity index is 1220. The molecule has 1 N–H and O–H groups in total. The second-order valence-electron chi connectivity index (χ2n) is 6.78. The highest BCUT2D eigenvalue weighted by Gasteiger charge is 2.30. The Morgan fingerprint density at radius 1 is 0.938 bits per heavy atom. The molecule has 0 unspecified atom stereocenters. The molecule has 4 rings (SSSR count). The average Bonchev–Trinajstić information content (AvgIpc) is 3.24. The molecule has 1 amide bonds. The molecule has 6 nitrogen and oxygen atoms in total. The third-order valence-corrected chi connectivity index (χ3v) is 4.65. The van der Waals surface area contributed by atoms with Crippen LogP contribution in [0.1, 0.15) is 15.9 Å². The van der Waals surface area contributed by atoms with Gasteiger partial charge in [0.2, 0.25) is 0 Å². The average molecular weight is 438 g/mol. The van der Waals surface area contributed by atoms with Gasteiger partial charge < -0.3 is 10.1 Å². The second-order valence-corrected chi connectivity index (χ2v) is 6.78. The maximum atomic E-state index is 12.9. The van der Waals surface area contributed by atoms with Crippen molar-refractivity contribution in [2.45, 2.75) is 6.18 Å². The van der Waals surface area contributed by atoms with Gasteiger partial charge in [0, 0.05) is 16.8 Å². The van der Waals surface area contributed by atoms with Crippen LogP contribution in [0.5, 0.6) is 6.01 Å². The molecule has 3 aromatic carbocycles. The Hall–Kier alpha value is -4.14. The zero-order valence-electron chi connectivity index (χ0n) is 16.8. The highest BCUT2D eigenvalue weighted by atomic mass is 19.4. The van der Waals surface area contributed by atoms with Crippen molar-refractivity contribution in [3.63, 3.8) is 0 Å². The minimum atomic E-state index is -4.43. The first kappa shape index (κ1) is 21.1. The number of anilines is 1. The third kappa shape index (κ3) is 4.46. The van der Waals surface area contributed by atoms with Crippen molar-refractivity contribution in [3.05, 3.63) is 90.0 Å². The molecule has 9 heteroatoms. The topological polar surface area (TPSA) is 69.0 Å². The van der Waals surface area contributed by atoms with Crippen LogP contribution in [0.4, 0.5) is 18.9 Å². The number of amides is 1. The Kier molecular flexibility index (Phi) is 5.63. The largest absolute Gasteiger partial charge is 0.466 e. The van der Waals surface area contributed by atoms with Gasteiger partial charge >= 0.3 is 12.2 Å². The molecule has 1 aromatic heterocycles.